The van der Waals surface area contributed by atoms with E-state index in [0.29, 0.717) is 0 Å². The molecule has 0 radical (unpaired) electrons. The lowest BCUT2D eigenvalue weighted by Gasteiger charge is -2.34. The van der Waals surface area contributed by atoms with Gasteiger partial charge in [-0.1, -0.05) is 17.8 Å². The van der Waals surface area contributed by atoms with Gasteiger partial charge in [-0.15, -0.1) is 11.3 Å². The molecule has 1 aliphatic rings. The highest BCUT2D eigenvalue weighted by atomic mass is 32.2. The Bertz CT molecular complexity index is 607. The van der Waals surface area contributed by atoms with Crippen LogP contribution < -0.4 is 0 Å². The largest absolute Gasteiger partial charge is 0.335 e. The molecule has 0 atom stereocenters. The lowest BCUT2D eigenvalue weighted by molar-refractivity contribution is 0.0633. The number of carbonyl (C=O) groups excluding carboxylic acids is 1. The monoisotopic (exact) mass is 334 g/mol. The topological polar surface area (TPSA) is 49.3 Å². The highest BCUT2D eigenvalue weighted by Gasteiger charge is 2.22. The average molecular weight is 334 g/mol. The zero-order valence-corrected chi connectivity index (χ0v) is 14.1. The first-order chi connectivity index (χ1) is 10.8. The van der Waals surface area contributed by atoms with Gasteiger partial charge in [0.05, 0.1) is 4.88 Å². The Morgan fingerprint density at radius 3 is 2.59 bits per heavy atom. The molecule has 0 unspecified atom stereocenters. The molecule has 0 aliphatic carbocycles. The number of amides is 1. The summed E-state index contributed by atoms with van der Waals surface area (Å²) in [5, 5.41) is 2.75. The van der Waals surface area contributed by atoms with Gasteiger partial charge in [0.2, 0.25) is 0 Å². The van der Waals surface area contributed by atoms with Crippen molar-refractivity contribution in [3.05, 3.63) is 40.3 Å². The summed E-state index contributed by atoms with van der Waals surface area (Å²) in [6.07, 6.45) is 5.75. The predicted octanol–water partition coefficient (Wildman–Crippen LogP) is 2.22. The molecule has 2 aromatic rings. The number of piperazine rings is 1. The van der Waals surface area contributed by atoms with Crippen molar-refractivity contribution in [2.45, 2.75) is 11.7 Å². The quantitative estimate of drug-likeness (QED) is 0.634. The van der Waals surface area contributed by atoms with Crippen LogP contribution >= 0.6 is 23.1 Å². The van der Waals surface area contributed by atoms with Crippen LogP contribution in [0.5, 0.6) is 0 Å². The van der Waals surface area contributed by atoms with Crippen molar-refractivity contribution in [2.75, 3.05) is 32.4 Å². The molecule has 1 saturated heterocycles. The van der Waals surface area contributed by atoms with Crippen LogP contribution in [-0.4, -0.2) is 58.1 Å². The minimum Gasteiger partial charge on any atom is -0.335 e. The van der Waals surface area contributed by atoms with Gasteiger partial charge in [-0.3, -0.25) is 9.69 Å². The number of carbonyl (C=O) groups is 1. The molecule has 1 amide bonds. The summed E-state index contributed by atoms with van der Waals surface area (Å²) in [6.45, 7) is 4.18. The summed E-state index contributed by atoms with van der Waals surface area (Å²) >= 11 is 3.05. The second kappa shape index (κ2) is 7.21. The van der Waals surface area contributed by atoms with Crippen LogP contribution in [0.25, 0.3) is 0 Å². The molecule has 1 fully saturated rings. The zero-order valence-electron chi connectivity index (χ0n) is 12.4. The number of rotatable bonds is 4. The summed E-state index contributed by atoms with van der Waals surface area (Å²) in [6, 6.07) is 3.82. The Kier molecular flexibility index (Phi) is 5.07. The van der Waals surface area contributed by atoms with E-state index in [9.17, 15) is 4.79 Å². The van der Waals surface area contributed by atoms with E-state index in [1.165, 1.54) is 11.3 Å². The SMILES string of the molecule is CSc1ncc(CN2CCN(C(=O)c3cccs3)CC2)cn1. The van der Waals surface area contributed by atoms with Crippen molar-refractivity contribution in [2.24, 2.45) is 0 Å². The fourth-order valence-electron chi connectivity index (χ4n) is 2.45. The van der Waals surface area contributed by atoms with Crippen LogP contribution in [0.15, 0.2) is 35.1 Å². The van der Waals surface area contributed by atoms with Gasteiger partial charge in [-0.05, 0) is 17.7 Å². The molecule has 5 nitrogen and oxygen atoms in total. The third kappa shape index (κ3) is 3.66. The molecule has 3 rings (SSSR count). The minimum atomic E-state index is 0.155. The smallest absolute Gasteiger partial charge is 0.264 e. The Morgan fingerprint density at radius 1 is 1.27 bits per heavy atom. The Morgan fingerprint density at radius 2 is 2.00 bits per heavy atom. The maximum absolute atomic E-state index is 12.3. The molecule has 1 aliphatic heterocycles. The van der Waals surface area contributed by atoms with Crippen LogP contribution in [0.1, 0.15) is 15.2 Å². The molecular formula is C15H18N4OS2. The summed E-state index contributed by atoms with van der Waals surface area (Å²) in [7, 11) is 0. The normalized spacial score (nSPS) is 16.0. The highest BCUT2D eigenvalue weighted by Crippen LogP contribution is 2.15. The first-order valence-corrected chi connectivity index (χ1v) is 9.27. The number of aromatic nitrogens is 2. The maximum Gasteiger partial charge on any atom is 0.264 e. The number of thioether (sulfide) groups is 1. The van der Waals surface area contributed by atoms with E-state index in [0.717, 1.165) is 48.3 Å². The first-order valence-electron chi connectivity index (χ1n) is 7.16. The number of thiophene rings is 1. The first kappa shape index (κ1) is 15.5. The van der Waals surface area contributed by atoms with Gasteiger partial charge in [-0.2, -0.15) is 0 Å². The predicted molar refractivity (Wildman–Crippen MR) is 89.3 cm³/mol. The van der Waals surface area contributed by atoms with Crippen LogP contribution in [0.2, 0.25) is 0 Å². The lowest BCUT2D eigenvalue weighted by Crippen LogP contribution is -2.48. The molecule has 0 saturated carbocycles. The third-order valence-corrected chi connectivity index (χ3v) is 5.10. The second-order valence-corrected chi connectivity index (χ2v) is 6.84. The maximum atomic E-state index is 12.3. The Balaban J connectivity index is 1.52. The summed E-state index contributed by atoms with van der Waals surface area (Å²) in [5.74, 6) is 0.155. The van der Waals surface area contributed by atoms with Crippen molar-refractivity contribution in [1.29, 1.82) is 0 Å². The van der Waals surface area contributed by atoms with Crippen molar-refractivity contribution < 1.29 is 4.79 Å². The van der Waals surface area contributed by atoms with E-state index >= 15 is 0 Å². The van der Waals surface area contributed by atoms with Gasteiger partial charge in [0.15, 0.2) is 5.16 Å². The minimum absolute atomic E-state index is 0.155. The fraction of sp³-hybridized carbons (Fsp3) is 0.400. The molecule has 3 heterocycles. The van der Waals surface area contributed by atoms with Crippen molar-refractivity contribution in [3.8, 4) is 0 Å². The van der Waals surface area contributed by atoms with E-state index in [1.807, 2.05) is 41.1 Å². The molecular weight excluding hydrogens is 316 g/mol. The molecule has 7 heteroatoms. The van der Waals surface area contributed by atoms with Gasteiger partial charge in [0, 0.05) is 50.7 Å². The number of hydrogen-bond donors (Lipinski definition) is 0. The highest BCUT2D eigenvalue weighted by molar-refractivity contribution is 7.98. The molecule has 0 bridgehead atoms. The molecule has 0 N–H and O–H groups in total. The van der Waals surface area contributed by atoms with E-state index in [-0.39, 0.29) is 5.91 Å². The Labute approximate surface area is 138 Å². The fourth-order valence-corrected chi connectivity index (χ4v) is 3.46. The number of hydrogen-bond acceptors (Lipinski definition) is 6. The van der Waals surface area contributed by atoms with Gasteiger partial charge >= 0.3 is 0 Å². The van der Waals surface area contributed by atoms with Gasteiger partial charge in [0.25, 0.3) is 5.91 Å². The van der Waals surface area contributed by atoms with E-state index in [2.05, 4.69) is 14.9 Å². The van der Waals surface area contributed by atoms with Crippen LogP contribution in [-0.2, 0) is 6.54 Å². The van der Waals surface area contributed by atoms with E-state index in [4.69, 9.17) is 0 Å². The zero-order chi connectivity index (χ0) is 15.4. The van der Waals surface area contributed by atoms with Crippen molar-refractivity contribution in [3.63, 3.8) is 0 Å². The lowest BCUT2D eigenvalue weighted by atomic mass is 10.2. The van der Waals surface area contributed by atoms with Gasteiger partial charge in [-0.25, -0.2) is 9.97 Å². The number of nitrogens with zero attached hydrogens (tertiary/aromatic N) is 4. The van der Waals surface area contributed by atoms with Crippen molar-refractivity contribution >= 4 is 29.0 Å². The molecule has 22 heavy (non-hydrogen) atoms. The Hall–Kier alpha value is -1.44. The van der Waals surface area contributed by atoms with Crippen LogP contribution in [0.3, 0.4) is 0 Å². The van der Waals surface area contributed by atoms with E-state index in [1.54, 1.807) is 11.8 Å². The molecule has 116 valence electrons. The average Bonchev–Trinajstić information content (AvgIpc) is 3.10. The third-order valence-electron chi connectivity index (χ3n) is 3.66. The van der Waals surface area contributed by atoms with Gasteiger partial charge in [0.1, 0.15) is 0 Å². The standard InChI is InChI=1S/C15H18N4OS2/c1-21-15-16-9-12(10-17-15)11-18-4-6-19(7-5-18)14(20)13-3-2-8-22-13/h2-3,8-10H,4-7,11H2,1H3. The van der Waals surface area contributed by atoms with Crippen molar-refractivity contribution in [1.82, 2.24) is 19.8 Å². The summed E-state index contributed by atoms with van der Waals surface area (Å²) < 4.78 is 0. The van der Waals surface area contributed by atoms with Gasteiger partial charge < -0.3 is 4.90 Å². The molecule has 0 spiro atoms. The molecule has 0 aromatic carbocycles. The summed E-state index contributed by atoms with van der Waals surface area (Å²) in [4.78, 5) is 26.0. The van der Waals surface area contributed by atoms with E-state index < -0.39 is 0 Å². The second-order valence-electron chi connectivity index (χ2n) is 5.12. The summed E-state index contributed by atoms with van der Waals surface area (Å²) in [5.41, 5.74) is 1.12. The van der Waals surface area contributed by atoms with Crippen LogP contribution in [0, 0.1) is 0 Å². The molecule has 2 aromatic heterocycles. The van der Waals surface area contributed by atoms with Crippen LogP contribution in [0.4, 0.5) is 0 Å².